The van der Waals surface area contributed by atoms with Gasteiger partial charge in [0.15, 0.2) is 5.65 Å². The van der Waals surface area contributed by atoms with Gasteiger partial charge in [0.1, 0.15) is 0 Å². The second-order valence-electron chi connectivity index (χ2n) is 3.63. The molecule has 0 spiro atoms. The average Bonchev–Trinajstić information content (AvgIpc) is 2.73. The third-order valence-corrected chi connectivity index (χ3v) is 2.45. The lowest BCUT2D eigenvalue weighted by Crippen LogP contribution is -1.98. The number of aryl methyl sites for hydroxylation is 1. The number of nitrogens with zero attached hydrogens (tertiary/aromatic N) is 4. The zero-order chi connectivity index (χ0) is 11.0. The predicted molar refractivity (Wildman–Crippen MR) is 61.4 cm³/mol. The normalized spacial score (nSPS) is 10.8. The number of rotatable bonds is 1. The molecule has 0 saturated carbocycles. The van der Waals surface area contributed by atoms with Gasteiger partial charge in [0.25, 0.3) is 0 Å². The van der Waals surface area contributed by atoms with Crippen LogP contribution in [0.15, 0.2) is 42.9 Å². The highest BCUT2D eigenvalue weighted by Gasteiger charge is 2.05. The van der Waals surface area contributed by atoms with E-state index in [1.807, 2.05) is 37.4 Å². The van der Waals surface area contributed by atoms with Gasteiger partial charge in [-0.25, -0.2) is 9.67 Å². The molecule has 0 unspecified atom stereocenters. The van der Waals surface area contributed by atoms with Crippen molar-refractivity contribution in [3.8, 4) is 5.69 Å². The summed E-state index contributed by atoms with van der Waals surface area (Å²) in [7, 11) is 0. The molecule has 78 valence electrons. The summed E-state index contributed by atoms with van der Waals surface area (Å²) >= 11 is 0. The molecule has 3 aromatic heterocycles. The van der Waals surface area contributed by atoms with Gasteiger partial charge >= 0.3 is 0 Å². The van der Waals surface area contributed by atoms with E-state index in [0.29, 0.717) is 0 Å². The van der Waals surface area contributed by atoms with Crippen LogP contribution >= 0.6 is 0 Å². The molecule has 16 heavy (non-hydrogen) atoms. The van der Waals surface area contributed by atoms with Crippen LogP contribution in [0.1, 0.15) is 5.69 Å². The highest BCUT2D eigenvalue weighted by Crippen LogP contribution is 2.15. The zero-order valence-electron chi connectivity index (χ0n) is 8.83. The summed E-state index contributed by atoms with van der Waals surface area (Å²) in [6.07, 6.45) is 5.33. The van der Waals surface area contributed by atoms with E-state index in [0.717, 1.165) is 22.4 Å². The minimum Gasteiger partial charge on any atom is -0.262 e. The summed E-state index contributed by atoms with van der Waals surface area (Å²) in [4.78, 5) is 8.57. The lowest BCUT2D eigenvalue weighted by atomic mass is 10.3. The fourth-order valence-electron chi connectivity index (χ4n) is 1.67. The molecule has 0 aliphatic carbocycles. The molecule has 0 amide bonds. The molecular weight excluding hydrogens is 200 g/mol. The fourth-order valence-corrected chi connectivity index (χ4v) is 1.67. The third-order valence-electron chi connectivity index (χ3n) is 2.45. The molecule has 0 fully saturated rings. The molecule has 0 aliphatic rings. The summed E-state index contributed by atoms with van der Waals surface area (Å²) in [6, 6.07) is 7.86. The van der Waals surface area contributed by atoms with Crippen molar-refractivity contribution < 1.29 is 0 Å². The van der Waals surface area contributed by atoms with Gasteiger partial charge in [-0.1, -0.05) is 0 Å². The summed E-state index contributed by atoms with van der Waals surface area (Å²) in [5.41, 5.74) is 2.78. The second-order valence-corrected chi connectivity index (χ2v) is 3.63. The Morgan fingerprint density at radius 1 is 1.12 bits per heavy atom. The Morgan fingerprint density at radius 2 is 2.06 bits per heavy atom. The number of pyridine rings is 2. The maximum absolute atomic E-state index is 4.48. The van der Waals surface area contributed by atoms with Crippen molar-refractivity contribution in [3.05, 3.63) is 48.5 Å². The van der Waals surface area contributed by atoms with E-state index in [2.05, 4.69) is 15.1 Å². The van der Waals surface area contributed by atoms with Crippen LogP contribution in [0.2, 0.25) is 0 Å². The fraction of sp³-hybridized carbons (Fsp3) is 0.0833. The monoisotopic (exact) mass is 210 g/mol. The minimum atomic E-state index is 0.869. The van der Waals surface area contributed by atoms with Crippen molar-refractivity contribution in [2.45, 2.75) is 6.92 Å². The van der Waals surface area contributed by atoms with Gasteiger partial charge < -0.3 is 0 Å². The number of aromatic nitrogens is 4. The first-order valence-electron chi connectivity index (χ1n) is 5.06. The Hall–Kier alpha value is -2.23. The molecule has 0 N–H and O–H groups in total. The SMILES string of the molecule is Cc1ccc2cnn(-c3cccnc3)c2n1. The van der Waals surface area contributed by atoms with Crippen molar-refractivity contribution in [2.24, 2.45) is 0 Å². The van der Waals surface area contributed by atoms with Gasteiger partial charge in [0.05, 0.1) is 18.1 Å². The zero-order valence-corrected chi connectivity index (χ0v) is 8.83. The molecule has 3 aromatic rings. The number of fused-ring (bicyclic) bond motifs is 1. The average molecular weight is 210 g/mol. The van der Waals surface area contributed by atoms with Gasteiger partial charge in [-0.05, 0) is 31.2 Å². The minimum absolute atomic E-state index is 0.869. The third kappa shape index (κ3) is 1.35. The molecule has 0 bridgehead atoms. The highest BCUT2D eigenvalue weighted by molar-refractivity contribution is 5.76. The first-order valence-corrected chi connectivity index (χ1v) is 5.06. The van der Waals surface area contributed by atoms with Gasteiger partial charge in [0, 0.05) is 17.3 Å². The Balaban J connectivity index is 2.29. The first kappa shape index (κ1) is 9.03. The van der Waals surface area contributed by atoms with Crippen molar-refractivity contribution in [1.29, 1.82) is 0 Å². The van der Waals surface area contributed by atoms with E-state index in [4.69, 9.17) is 0 Å². The molecule has 3 heterocycles. The molecule has 4 nitrogen and oxygen atoms in total. The Kier molecular flexibility index (Phi) is 1.93. The van der Waals surface area contributed by atoms with Crippen LogP contribution in [-0.2, 0) is 0 Å². The molecule has 4 heteroatoms. The van der Waals surface area contributed by atoms with Crippen LogP contribution < -0.4 is 0 Å². The van der Waals surface area contributed by atoms with E-state index in [1.54, 1.807) is 17.1 Å². The van der Waals surface area contributed by atoms with Gasteiger partial charge in [-0.2, -0.15) is 5.10 Å². The lowest BCUT2D eigenvalue weighted by molar-refractivity contribution is 0.887. The topological polar surface area (TPSA) is 43.6 Å². The smallest absolute Gasteiger partial charge is 0.163 e. The maximum Gasteiger partial charge on any atom is 0.163 e. The standard InChI is InChI=1S/C12H10N4/c1-9-4-5-10-7-14-16(12(10)15-9)11-3-2-6-13-8-11/h2-8H,1H3. The molecule has 0 radical (unpaired) electrons. The van der Waals surface area contributed by atoms with Crippen LogP contribution in [0, 0.1) is 6.92 Å². The van der Waals surface area contributed by atoms with E-state index in [1.165, 1.54) is 0 Å². The van der Waals surface area contributed by atoms with Crippen LogP contribution in [0.4, 0.5) is 0 Å². The van der Waals surface area contributed by atoms with Crippen molar-refractivity contribution in [2.75, 3.05) is 0 Å². The molecular formula is C12H10N4. The molecule has 0 atom stereocenters. The van der Waals surface area contributed by atoms with E-state index in [-0.39, 0.29) is 0 Å². The first-order chi connectivity index (χ1) is 7.84. The summed E-state index contributed by atoms with van der Waals surface area (Å²) in [5, 5.41) is 5.36. The van der Waals surface area contributed by atoms with E-state index >= 15 is 0 Å². The van der Waals surface area contributed by atoms with Crippen molar-refractivity contribution in [1.82, 2.24) is 19.7 Å². The van der Waals surface area contributed by atoms with E-state index in [9.17, 15) is 0 Å². The summed E-state index contributed by atoms with van der Waals surface area (Å²) < 4.78 is 1.80. The molecule has 3 rings (SSSR count). The van der Waals surface area contributed by atoms with Crippen LogP contribution in [0.25, 0.3) is 16.7 Å². The van der Waals surface area contributed by atoms with Crippen LogP contribution in [0.5, 0.6) is 0 Å². The quantitative estimate of drug-likeness (QED) is 0.618. The van der Waals surface area contributed by atoms with Gasteiger partial charge in [-0.15, -0.1) is 0 Å². The van der Waals surface area contributed by atoms with Crippen LogP contribution in [0.3, 0.4) is 0 Å². The second kappa shape index (κ2) is 3.41. The Labute approximate surface area is 92.6 Å². The summed E-state index contributed by atoms with van der Waals surface area (Å²) in [5.74, 6) is 0. The van der Waals surface area contributed by atoms with Crippen LogP contribution in [-0.4, -0.2) is 19.7 Å². The van der Waals surface area contributed by atoms with E-state index < -0.39 is 0 Å². The number of hydrogen-bond acceptors (Lipinski definition) is 3. The van der Waals surface area contributed by atoms with Crippen molar-refractivity contribution >= 4 is 11.0 Å². The van der Waals surface area contributed by atoms with Crippen molar-refractivity contribution in [3.63, 3.8) is 0 Å². The predicted octanol–water partition coefficient (Wildman–Crippen LogP) is 2.12. The maximum atomic E-state index is 4.48. The lowest BCUT2D eigenvalue weighted by Gasteiger charge is -2.01. The molecule has 0 aromatic carbocycles. The largest absolute Gasteiger partial charge is 0.262 e. The summed E-state index contributed by atoms with van der Waals surface area (Å²) in [6.45, 7) is 1.97. The molecule has 0 saturated heterocycles. The number of hydrogen-bond donors (Lipinski definition) is 0. The van der Waals surface area contributed by atoms with Gasteiger partial charge in [0.2, 0.25) is 0 Å². The Bertz CT molecular complexity index is 628. The van der Waals surface area contributed by atoms with Gasteiger partial charge in [-0.3, -0.25) is 4.98 Å². The highest BCUT2D eigenvalue weighted by atomic mass is 15.3. The molecule has 0 aliphatic heterocycles. The Morgan fingerprint density at radius 3 is 2.88 bits per heavy atom.